The highest BCUT2D eigenvalue weighted by Gasteiger charge is 2.35. The van der Waals surface area contributed by atoms with Crippen LogP contribution in [0.3, 0.4) is 0 Å². The van der Waals surface area contributed by atoms with Crippen molar-refractivity contribution in [3.63, 3.8) is 0 Å². The van der Waals surface area contributed by atoms with Gasteiger partial charge in [0.2, 0.25) is 11.8 Å². The molecule has 0 aliphatic carbocycles. The first-order chi connectivity index (χ1) is 13.5. The van der Waals surface area contributed by atoms with Gasteiger partial charge in [0.1, 0.15) is 30.8 Å². The second kappa shape index (κ2) is 8.22. The van der Waals surface area contributed by atoms with E-state index in [0.717, 1.165) is 17.8 Å². The van der Waals surface area contributed by atoms with Crippen LogP contribution in [0.2, 0.25) is 0 Å². The summed E-state index contributed by atoms with van der Waals surface area (Å²) >= 11 is 0. The summed E-state index contributed by atoms with van der Waals surface area (Å²) in [6, 6.07) is 3.87. The number of carbonyl (C=O) groups is 2. The first-order valence-corrected chi connectivity index (χ1v) is 9.36. The van der Waals surface area contributed by atoms with E-state index in [1.807, 2.05) is 19.2 Å². The maximum absolute atomic E-state index is 12.2. The molecular formula is C19H23N7O2. The standard InChI is InChI=1S/C19H23N7O2/c1-13-5-9-25(16(27)3-7-20)11-15(13)24(2)18-14-6-10-26(17(28)4-8-21)19(14)23-12-22-18/h12-13,15H,3-6,9-11H2,1-2H3/t13-,15+/m1/s1. The van der Waals surface area contributed by atoms with Crippen molar-refractivity contribution >= 4 is 23.5 Å². The second-order valence-corrected chi connectivity index (χ2v) is 7.25. The molecule has 28 heavy (non-hydrogen) atoms. The maximum Gasteiger partial charge on any atom is 0.242 e. The highest BCUT2D eigenvalue weighted by atomic mass is 16.2. The fourth-order valence-electron chi connectivity index (χ4n) is 4.01. The lowest BCUT2D eigenvalue weighted by Gasteiger charge is -2.42. The summed E-state index contributed by atoms with van der Waals surface area (Å²) in [5.74, 6) is 1.27. The van der Waals surface area contributed by atoms with Crippen molar-refractivity contribution < 1.29 is 9.59 Å². The van der Waals surface area contributed by atoms with E-state index < -0.39 is 0 Å². The molecule has 1 saturated heterocycles. The number of hydrogen-bond acceptors (Lipinski definition) is 7. The monoisotopic (exact) mass is 381 g/mol. The van der Waals surface area contributed by atoms with Gasteiger partial charge in [-0.2, -0.15) is 10.5 Å². The number of rotatable bonds is 4. The van der Waals surface area contributed by atoms with Gasteiger partial charge in [-0.05, 0) is 18.8 Å². The van der Waals surface area contributed by atoms with Crippen molar-refractivity contribution in [3.05, 3.63) is 11.9 Å². The van der Waals surface area contributed by atoms with E-state index in [1.165, 1.54) is 6.33 Å². The molecule has 2 aliphatic rings. The van der Waals surface area contributed by atoms with Crippen molar-refractivity contribution in [1.82, 2.24) is 14.9 Å². The number of nitrogens with zero attached hydrogens (tertiary/aromatic N) is 7. The van der Waals surface area contributed by atoms with Crippen LogP contribution >= 0.6 is 0 Å². The molecule has 2 amide bonds. The van der Waals surface area contributed by atoms with Crippen LogP contribution in [0, 0.1) is 28.6 Å². The second-order valence-electron chi connectivity index (χ2n) is 7.25. The van der Waals surface area contributed by atoms with Crippen LogP contribution in [0.25, 0.3) is 0 Å². The molecule has 0 spiro atoms. The third-order valence-electron chi connectivity index (χ3n) is 5.61. The average molecular weight is 381 g/mol. The Balaban J connectivity index is 1.84. The average Bonchev–Trinajstić information content (AvgIpc) is 3.12. The minimum atomic E-state index is -0.257. The van der Waals surface area contributed by atoms with Crippen molar-refractivity contribution in [2.24, 2.45) is 5.92 Å². The fraction of sp³-hybridized carbons (Fsp3) is 0.579. The minimum Gasteiger partial charge on any atom is -0.354 e. The third kappa shape index (κ3) is 3.61. The molecule has 1 aromatic heterocycles. The zero-order valence-corrected chi connectivity index (χ0v) is 16.1. The number of carbonyl (C=O) groups excluding carboxylic acids is 2. The van der Waals surface area contributed by atoms with Gasteiger partial charge in [0.15, 0.2) is 0 Å². The molecule has 0 radical (unpaired) electrons. The van der Waals surface area contributed by atoms with Gasteiger partial charge in [0.25, 0.3) is 0 Å². The van der Waals surface area contributed by atoms with Gasteiger partial charge in [0, 0.05) is 32.2 Å². The predicted octanol–water partition coefficient (Wildman–Crippen LogP) is 0.866. The molecular weight excluding hydrogens is 358 g/mol. The molecule has 2 aliphatic heterocycles. The van der Waals surface area contributed by atoms with Crippen LogP contribution < -0.4 is 9.80 Å². The first kappa shape index (κ1) is 19.6. The normalized spacial score (nSPS) is 20.9. The molecule has 0 saturated carbocycles. The summed E-state index contributed by atoms with van der Waals surface area (Å²) in [4.78, 5) is 38.4. The topological polar surface area (TPSA) is 117 Å². The number of fused-ring (bicyclic) bond motifs is 1. The molecule has 9 nitrogen and oxygen atoms in total. The zero-order valence-electron chi connectivity index (χ0n) is 16.1. The number of likely N-dealkylation sites (tertiary alicyclic amines) is 1. The molecule has 1 fully saturated rings. The number of aromatic nitrogens is 2. The summed E-state index contributed by atoms with van der Waals surface area (Å²) < 4.78 is 0. The van der Waals surface area contributed by atoms with E-state index in [2.05, 4.69) is 21.8 Å². The molecule has 146 valence electrons. The minimum absolute atomic E-state index is 0.0549. The SMILES string of the molecule is C[C@@H]1CCN(C(=O)CC#N)C[C@@H]1N(C)c1ncnc2c1CCN2C(=O)CC#N. The van der Waals surface area contributed by atoms with Crippen LogP contribution in [0.15, 0.2) is 6.33 Å². The Kier molecular flexibility index (Phi) is 5.74. The van der Waals surface area contributed by atoms with Gasteiger partial charge in [-0.25, -0.2) is 9.97 Å². The molecule has 0 unspecified atom stereocenters. The molecule has 3 heterocycles. The molecule has 0 N–H and O–H groups in total. The van der Waals surface area contributed by atoms with E-state index in [0.29, 0.717) is 37.8 Å². The van der Waals surface area contributed by atoms with Crippen molar-refractivity contribution in [3.8, 4) is 12.1 Å². The summed E-state index contributed by atoms with van der Waals surface area (Å²) in [5, 5.41) is 17.6. The zero-order chi connectivity index (χ0) is 20.3. The highest BCUT2D eigenvalue weighted by Crippen LogP contribution is 2.34. The molecule has 0 aromatic carbocycles. The predicted molar refractivity (Wildman–Crippen MR) is 101 cm³/mol. The Morgan fingerprint density at radius 1 is 1.21 bits per heavy atom. The number of hydrogen-bond donors (Lipinski definition) is 0. The van der Waals surface area contributed by atoms with Gasteiger partial charge >= 0.3 is 0 Å². The van der Waals surface area contributed by atoms with Gasteiger partial charge in [-0.3, -0.25) is 14.5 Å². The van der Waals surface area contributed by atoms with Crippen LogP contribution in [-0.2, 0) is 16.0 Å². The summed E-state index contributed by atoms with van der Waals surface area (Å²) in [5.41, 5.74) is 0.893. The Labute approximate surface area is 164 Å². The summed E-state index contributed by atoms with van der Waals surface area (Å²) in [6.45, 7) is 3.83. The van der Waals surface area contributed by atoms with Crippen LogP contribution in [0.5, 0.6) is 0 Å². The Bertz CT molecular complexity index is 857. The third-order valence-corrected chi connectivity index (χ3v) is 5.61. The van der Waals surface area contributed by atoms with Gasteiger partial charge < -0.3 is 9.80 Å². The van der Waals surface area contributed by atoms with Crippen LogP contribution in [0.1, 0.15) is 31.7 Å². The van der Waals surface area contributed by atoms with Crippen LogP contribution in [-0.4, -0.2) is 59.4 Å². The van der Waals surface area contributed by atoms with Crippen molar-refractivity contribution in [1.29, 1.82) is 10.5 Å². The smallest absolute Gasteiger partial charge is 0.242 e. The van der Waals surface area contributed by atoms with Crippen molar-refractivity contribution in [2.45, 2.75) is 38.6 Å². The lowest BCUT2D eigenvalue weighted by atomic mass is 9.92. The van der Waals surface area contributed by atoms with E-state index in [4.69, 9.17) is 10.5 Å². The first-order valence-electron chi connectivity index (χ1n) is 9.36. The van der Waals surface area contributed by atoms with E-state index in [9.17, 15) is 9.59 Å². The van der Waals surface area contributed by atoms with Gasteiger partial charge in [-0.1, -0.05) is 6.92 Å². The Hall–Kier alpha value is -3.20. The highest BCUT2D eigenvalue weighted by molar-refractivity contribution is 5.96. The molecule has 2 atom stereocenters. The molecule has 3 rings (SSSR count). The van der Waals surface area contributed by atoms with Crippen molar-refractivity contribution in [2.75, 3.05) is 36.5 Å². The number of anilines is 2. The Morgan fingerprint density at radius 3 is 2.64 bits per heavy atom. The maximum atomic E-state index is 12.2. The summed E-state index contributed by atoms with van der Waals surface area (Å²) in [7, 11) is 1.95. The van der Waals surface area contributed by atoms with E-state index in [-0.39, 0.29) is 30.7 Å². The quantitative estimate of drug-likeness (QED) is 0.759. The molecule has 0 bridgehead atoms. The van der Waals surface area contributed by atoms with E-state index in [1.54, 1.807) is 9.80 Å². The number of piperidine rings is 1. The Morgan fingerprint density at radius 2 is 1.93 bits per heavy atom. The summed E-state index contributed by atoms with van der Waals surface area (Å²) in [6.07, 6.45) is 2.64. The van der Waals surface area contributed by atoms with Crippen LogP contribution in [0.4, 0.5) is 11.6 Å². The van der Waals surface area contributed by atoms with Gasteiger partial charge in [0.05, 0.1) is 18.2 Å². The lowest BCUT2D eigenvalue weighted by Crippen LogP contribution is -2.53. The number of likely N-dealkylation sites (N-methyl/N-ethyl adjacent to an activating group) is 1. The van der Waals surface area contributed by atoms with Gasteiger partial charge in [-0.15, -0.1) is 0 Å². The molecule has 9 heteroatoms. The fourth-order valence-corrected chi connectivity index (χ4v) is 4.01. The number of amides is 2. The van der Waals surface area contributed by atoms with E-state index >= 15 is 0 Å². The number of nitriles is 2. The molecule has 1 aromatic rings. The largest absolute Gasteiger partial charge is 0.354 e. The lowest BCUT2D eigenvalue weighted by molar-refractivity contribution is -0.131.